The van der Waals surface area contributed by atoms with Gasteiger partial charge in [-0.25, -0.2) is 13.4 Å². The van der Waals surface area contributed by atoms with E-state index in [0.717, 1.165) is 17.1 Å². The van der Waals surface area contributed by atoms with Gasteiger partial charge in [0.1, 0.15) is 0 Å². The van der Waals surface area contributed by atoms with Crippen LogP contribution in [0.3, 0.4) is 0 Å². The number of nitrogens with zero attached hydrogens (tertiary/aromatic N) is 5. The lowest BCUT2D eigenvalue weighted by Gasteiger charge is -2.27. The molecule has 3 aliphatic rings. The Morgan fingerprint density at radius 2 is 1.97 bits per heavy atom. The van der Waals surface area contributed by atoms with Gasteiger partial charge in [-0.15, -0.1) is 0 Å². The number of amidine groups is 2. The summed E-state index contributed by atoms with van der Waals surface area (Å²) in [4.78, 5) is 11.4. The van der Waals surface area contributed by atoms with E-state index in [1.807, 2.05) is 12.4 Å². The van der Waals surface area contributed by atoms with E-state index in [1.54, 1.807) is 36.7 Å². The molecule has 5 rings (SSSR count). The number of H-pyrrole nitrogens is 1. The predicted molar refractivity (Wildman–Crippen MR) is 112 cm³/mol. The molecule has 2 N–H and O–H groups in total. The molecular formula is C19H21N7O3S. The normalized spacial score (nSPS) is 21.9. The van der Waals surface area contributed by atoms with Crippen LogP contribution in [0.15, 0.2) is 63.9 Å². The third kappa shape index (κ3) is 3.40. The molecule has 156 valence electrons. The smallest absolute Gasteiger partial charge is 0.243 e. The van der Waals surface area contributed by atoms with Gasteiger partial charge in [0.25, 0.3) is 0 Å². The molecule has 1 aromatic carbocycles. The summed E-state index contributed by atoms with van der Waals surface area (Å²) >= 11 is 0. The van der Waals surface area contributed by atoms with Crippen LogP contribution in [-0.2, 0) is 14.8 Å². The Bertz CT molecular complexity index is 1100. The van der Waals surface area contributed by atoms with Gasteiger partial charge in [0, 0.05) is 42.9 Å². The summed E-state index contributed by atoms with van der Waals surface area (Å²) in [6.07, 6.45) is 7.27. The maximum Gasteiger partial charge on any atom is 0.243 e. The van der Waals surface area contributed by atoms with Gasteiger partial charge in [0.2, 0.25) is 10.0 Å². The van der Waals surface area contributed by atoms with Gasteiger partial charge in [0.05, 0.1) is 36.9 Å². The van der Waals surface area contributed by atoms with E-state index in [2.05, 4.69) is 30.4 Å². The predicted octanol–water partition coefficient (Wildman–Crippen LogP) is 1.18. The molecule has 2 aromatic rings. The highest BCUT2D eigenvalue weighted by Gasteiger charge is 2.32. The van der Waals surface area contributed by atoms with Crippen LogP contribution in [-0.4, -0.2) is 72.3 Å². The first kappa shape index (κ1) is 19.0. The molecule has 10 nitrogen and oxygen atoms in total. The molecular weight excluding hydrogens is 406 g/mol. The van der Waals surface area contributed by atoms with Crippen LogP contribution < -0.4 is 5.32 Å². The Kier molecular flexibility index (Phi) is 4.85. The van der Waals surface area contributed by atoms with Gasteiger partial charge >= 0.3 is 0 Å². The molecule has 0 aliphatic carbocycles. The maximum absolute atomic E-state index is 12.8. The molecule has 3 aliphatic heterocycles. The number of hydrogen-bond acceptors (Lipinski definition) is 8. The summed E-state index contributed by atoms with van der Waals surface area (Å²) in [6, 6.07) is 6.76. The molecule has 1 fully saturated rings. The first-order valence-electron chi connectivity index (χ1n) is 9.64. The van der Waals surface area contributed by atoms with Crippen molar-refractivity contribution in [1.29, 1.82) is 0 Å². The second kappa shape index (κ2) is 7.67. The zero-order valence-electron chi connectivity index (χ0n) is 16.1. The van der Waals surface area contributed by atoms with Gasteiger partial charge in [-0.3, -0.25) is 10.1 Å². The molecule has 1 saturated heterocycles. The number of aliphatic imine (C=N–C) groups is 2. The van der Waals surface area contributed by atoms with Crippen molar-refractivity contribution in [2.45, 2.75) is 10.9 Å². The molecule has 1 atom stereocenters. The number of sulfonamides is 1. The number of fused-ring (bicyclic) bond motifs is 1. The van der Waals surface area contributed by atoms with Crippen LogP contribution in [0.4, 0.5) is 5.69 Å². The monoisotopic (exact) mass is 427 g/mol. The van der Waals surface area contributed by atoms with Crippen LogP contribution >= 0.6 is 0 Å². The summed E-state index contributed by atoms with van der Waals surface area (Å²) in [7, 11) is -3.52. The minimum Gasteiger partial charge on any atom is -0.379 e. The van der Waals surface area contributed by atoms with E-state index in [1.165, 1.54) is 4.31 Å². The van der Waals surface area contributed by atoms with Crippen LogP contribution in [0.5, 0.6) is 0 Å². The molecule has 0 bridgehead atoms. The Morgan fingerprint density at radius 3 is 2.70 bits per heavy atom. The van der Waals surface area contributed by atoms with E-state index in [0.29, 0.717) is 38.7 Å². The van der Waals surface area contributed by atoms with Crippen molar-refractivity contribution in [2.75, 3.05) is 38.2 Å². The van der Waals surface area contributed by atoms with E-state index >= 15 is 0 Å². The van der Waals surface area contributed by atoms with Gasteiger partial charge in [-0.1, -0.05) is 0 Å². The van der Waals surface area contributed by atoms with Gasteiger partial charge in [-0.2, -0.15) is 9.40 Å². The van der Waals surface area contributed by atoms with Crippen molar-refractivity contribution in [1.82, 2.24) is 19.4 Å². The number of aromatic nitrogens is 2. The summed E-state index contributed by atoms with van der Waals surface area (Å²) in [5.74, 6) is 1.36. The molecule has 1 unspecified atom stereocenters. The first-order chi connectivity index (χ1) is 14.6. The molecule has 0 spiro atoms. The quantitative estimate of drug-likeness (QED) is 0.757. The highest BCUT2D eigenvalue weighted by molar-refractivity contribution is 7.89. The topological polar surface area (TPSA) is 115 Å². The highest BCUT2D eigenvalue weighted by Crippen LogP contribution is 2.29. The number of rotatable bonds is 4. The zero-order chi connectivity index (χ0) is 20.6. The van der Waals surface area contributed by atoms with E-state index in [9.17, 15) is 8.42 Å². The van der Waals surface area contributed by atoms with E-state index < -0.39 is 10.0 Å². The number of hydrogen-bond donors (Lipinski definition) is 2. The van der Waals surface area contributed by atoms with E-state index in [4.69, 9.17) is 4.74 Å². The molecule has 30 heavy (non-hydrogen) atoms. The summed E-state index contributed by atoms with van der Waals surface area (Å²) in [6.45, 7) is 2.20. The van der Waals surface area contributed by atoms with Crippen LogP contribution in [0, 0.1) is 0 Å². The number of morpholine rings is 1. The lowest BCUT2D eigenvalue weighted by atomic mass is 10.1. The standard InChI is InChI=1S/C19H21N7O3S/c27-30(28,25-7-9-29-10-8-25)16-3-1-15(2-4-16)24-18-19-21-13-17(14-11-22-23-12-14)26(19)6-5-20-18/h1-6,11-12,17H,7-10,13H2,(H,20,24)(H,22,23). The summed E-state index contributed by atoms with van der Waals surface area (Å²) < 4.78 is 32.2. The highest BCUT2D eigenvalue weighted by atomic mass is 32.2. The van der Waals surface area contributed by atoms with Crippen molar-refractivity contribution in [3.8, 4) is 0 Å². The van der Waals surface area contributed by atoms with Gasteiger partial charge < -0.3 is 15.0 Å². The third-order valence-electron chi connectivity index (χ3n) is 5.27. The van der Waals surface area contributed by atoms with Crippen molar-refractivity contribution in [2.24, 2.45) is 9.98 Å². The Labute approximate surface area is 174 Å². The second-order valence-electron chi connectivity index (χ2n) is 7.06. The van der Waals surface area contributed by atoms with Crippen LogP contribution in [0.1, 0.15) is 11.6 Å². The fourth-order valence-electron chi connectivity index (χ4n) is 3.68. The van der Waals surface area contributed by atoms with Crippen LogP contribution in [0.2, 0.25) is 0 Å². The van der Waals surface area contributed by atoms with Crippen molar-refractivity contribution in [3.05, 3.63) is 54.6 Å². The second-order valence-corrected chi connectivity index (χ2v) is 9.00. The third-order valence-corrected chi connectivity index (χ3v) is 7.18. The Balaban J connectivity index is 1.31. The SMILES string of the molecule is O=S(=O)(c1ccc(NC2=NC=CN3C2=NCC3c2cn[nH]c2)cc1)N1CCOCC1. The number of aromatic amines is 1. The number of nitrogens with one attached hydrogen (secondary N) is 2. The Morgan fingerprint density at radius 1 is 1.17 bits per heavy atom. The average molecular weight is 427 g/mol. The van der Waals surface area contributed by atoms with Crippen molar-refractivity contribution >= 4 is 27.4 Å². The summed E-state index contributed by atoms with van der Waals surface area (Å²) in [5, 5.41) is 10.1. The van der Waals surface area contributed by atoms with Crippen LogP contribution in [0.25, 0.3) is 0 Å². The van der Waals surface area contributed by atoms with Crippen molar-refractivity contribution in [3.63, 3.8) is 0 Å². The summed E-state index contributed by atoms with van der Waals surface area (Å²) in [5.41, 5.74) is 1.79. The molecule has 0 amide bonds. The maximum atomic E-state index is 12.8. The molecule has 11 heteroatoms. The number of ether oxygens (including phenoxy) is 1. The largest absolute Gasteiger partial charge is 0.379 e. The molecule has 0 radical (unpaired) electrons. The minimum absolute atomic E-state index is 0.0725. The molecule has 0 saturated carbocycles. The minimum atomic E-state index is -3.52. The lowest BCUT2D eigenvalue weighted by molar-refractivity contribution is 0.0730. The van der Waals surface area contributed by atoms with Crippen molar-refractivity contribution < 1.29 is 13.2 Å². The van der Waals surface area contributed by atoms with Gasteiger partial charge in [0.15, 0.2) is 11.7 Å². The Hall–Kier alpha value is -3.02. The fourth-order valence-corrected chi connectivity index (χ4v) is 5.09. The fraction of sp³-hybridized carbons (Fsp3) is 0.316. The molecule has 1 aromatic heterocycles. The molecule has 4 heterocycles. The lowest BCUT2D eigenvalue weighted by Crippen LogP contribution is -2.40. The number of benzene rings is 1. The average Bonchev–Trinajstić information content (AvgIpc) is 3.45. The van der Waals surface area contributed by atoms with E-state index in [-0.39, 0.29) is 10.9 Å². The zero-order valence-corrected chi connectivity index (χ0v) is 16.9. The first-order valence-corrected chi connectivity index (χ1v) is 11.1. The van der Waals surface area contributed by atoms with Gasteiger partial charge in [-0.05, 0) is 24.3 Å². The number of anilines is 1.